The third kappa shape index (κ3) is 6.84. The van der Waals surface area contributed by atoms with E-state index >= 15 is 0 Å². The topological polar surface area (TPSA) is 113 Å². The lowest BCUT2D eigenvalue weighted by atomic mass is 9.81. The highest BCUT2D eigenvalue weighted by Gasteiger charge is 2.39. The molecule has 0 bridgehead atoms. The van der Waals surface area contributed by atoms with Crippen LogP contribution >= 0.6 is 0 Å². The molecule has 1 unspecified atom stereocenters. The first-order chi connectivity index (χ1) is 12.7. The number of esters is 1. The minimum absolute atomic E-state index is 0.265. The van der Waals surface area contributed by atoms with Gasteiger partial charge in [0.2, 0.25) is 0 Å². The zero-order chi connectivity index (χ0) is 20.6. The van der Waals surface area contributed by atoms with E-state index in [9.17, 15) is 24.9 Å². The van der Waals surface area contributed by atoms with Crippen molar-refractivity contribution in [3.63, 3.8) is 0 Å². The van der Waals surface area contributed by atoms with Crippen LogP contribution < -0.4 is 0 Å². The fourth-order valence-corrected chi connectivity index (χ4v) is 3.25. The quantitative estimate of drug-likeness (QED) is 0.612. The zero-order valence-electron chi connectivity index (χ0n) is 16.4. The largest absolute Gasteiger partial charge is 0.462 e. The molecule has 0 aromatic carbocycles. The number of rotatable bonds is 2. The fraction of sp³-hybridized carbons (Fsp3) is 0.700. The summed E-state index contributed by atoms with van der Waals surface area (Å²) >= 11 is 0. The lowest BCUT2D eigenvalue weighted by molar-refractivity contribution is -0.158. The highest BCUT2D eigenvalue weighted by Crippen LogP contribution is 2.26. The van der Waals surface area contributed by atoms with E-state index in [2.05, 4.69) is 0 Å². The molecule has 0 spiro atoms. The molecule has 0 fully saturated rings. The summed E-state index contributed by atoms with van der Waals surface area (Å²) in [5.41, 5.74) is 0. The molecule has 0 aromatic heterocycles. The van der Waals surface area contributed by atoms with Gasteiger partial charge in [0.1, 0.15) is 12.2 Å². The number of ether oxygens (including phenoxy) is 2. The Balaban J connectivity index is 3.15. The molecular formula is C20H32O7. The van der Waals surface area contributed by atoms with Gasteiger partial charge in [0.15, 0.2) is 5.78 Å². The van der Waals surface area contributed by atoms with E-state index < -0.39 is 48.3 Å². The minimum Gasteiger partial charge on any atom is -0.462 e. The molecule has 154 valence electrons. The minimum atomic E-state index is -1.31. The highest BCUT2D eigenvalue weighted by atomic mass is 16.5. The van der Waals surface area contributed by atoms with Crippen molar-refractivity contribution in [2.45, 2.75) is 70.6 Å². The molecule has 0 radical (unpaired) electrons. The van der Waals surface area contributed by atoms with Crippen molar-refractivity contribution in [2.24, 2.45) is 11.8 Å². The van der Waals surface area contributed by atoms with Crippen LogP contribution in [-0.2, 0) is 19.1 Å². The molecule has 27 heavy (non-hydrogen) atoms. The maximum absolute atomic E-state index is 12.3. The number of cyclic esters (lactones) is 1. The summed E-state index contributed by atoms with van der Waals surface area (Å²) < 4.78 is 10.4. The van der Waals surface area contributed by atoms with Gasteiger partial charge in [0, 0.05) is 25.4 Å². The van der Waals surface area contributed by atoms with E-state index in [-0.39, 0.29) is 12.2 Å². The third-order valence-corrected chi connectivity index (χ3v) is 4.98. The van der Waals surface area contributed by atoms with Crippen molar-refractivity contribution < 1.29 is 34.4 Å². The monoisotopic (exact) mass is 384 g/mol. The molecule has 3 N–H and O–H groups in total. The number of aliphatic hydroxyl groups excluding tert-OH is 3. The Morgan fingerprint density at radius 2 is 1.81 bits per heavy atom. The van der Waals surface area contributed by atoms with Crippen molar-refractivity contribution in [1.29, 1.82) is 0 Å². The smallest absolute Gasteiger partial charge is 0.308 e. The summed E-state index contributed by atoms with van der Waals surface area (Å²) in [6.45, 7) is 5.08. The number of hydrogen-bond acceptors (Lipinski definition) is 7. The van der Waals surface area contributed by atoms with Gasteiger partial charge in [0.05, 0.1) is 24.7 Å². The summed E-state index contributed by atoms with van der Waals surface area (Å²) in [5, 5.41) is 31.7. The molecule has 7 atom stereocenters. The first-order valence-electron chi connectivity index (χ1n) is 9.36. The Morgan fingerprint density at radius 3 is 2.41 bits per heavy atom. The Labute approximate surface area is 160 Å². The second-order valence-electron chi connectivity index (χ2n) is 7.04. The molecule has 7 nitrogen and oxygen atoms in total. The van der Waals surface area contributed by atoms with Crippen molar-refractivity contribution in [1.82, 2.24) is 0 Å². The van der Waals surface area contributed by atoms with Crippen LogP contribution in [0, 0.1) is 11.8 Å². The van der Waals surface area contributed by atoms with E-state index in [0.29, 0.717) is 12.8 Å². The summed E-state index contributed by atoms with van der Waals surface area (Å²) in [4.78, 5) is 24.3. The van der Waals surface area contributed by atoms with E-state index in [1.807, 2.05) is 0 Å². The molecular weight excluding hydrogens is 352 g/mol. The van der Waals surface area contributed by atoms with E-state index in [1.165, 1.54) is 13.2 Å². The Morgan fingerprint density at radius 1 is 1.15 bits per heavy atom. The number of allylic oxidation sites excluding steroid dienone is 3. The molecule has 0 aromatic rings. The molecule has 7 heteroatoms. The highest BCUT2D eigenvalue weighted by molar-refractivity contribution is 5.92. The SMILES string of the molecule is CC[C@H]1C(O)[C@@H](C)C(=O)C=CC=CC[C@@H](C)OC(=O)C[C@@H](O)[C@H](OC)[C@H]1O. The third-order valence-electron chi connectivity index (χ3n) is 4.98. The van der Waals surface area contributed by atoms with Gasteiger partial charge in [0.25, 0.3) is 0 Å². The van der Waals surface area contributed by atoms with Crippen LogP contribution in [0.5, 0.6) is 0 Å². The van der Waals surface area contributed by atoms with Gasteiger partial charge in [-0.05, 0) is 19.4 Å². The number of ketones is 1. The predicted octanol–water partition coefficient (Wildman–Crippen LogP) is 1.15. The number of methoxy groups -OCH3 is 1. The maximum atomic E-state index is 12.3. The van der Waals surface area contributed by atoms with Gasteiger partial charge in [-0.15, -0.1) is 0 Å². The van der Waals surface area contributed by atoms with Crippen LogP contribution in [0.25, 0.3) is 0 Å². The average molecular weight is 384 g/mol. The van der Waals surface area contributed by atoms with Crippen LogP contribution in [-0.4, -0.2) is 64.7 Å². The number of hydrogen-bond donors (Lipinski definition) is 3. The van der Waals surface area contributed by atoms with Crippen molar-refractivity contribution in [2.75, 3.05) is 7.11 Å². The van der Waals surface area contributed by atoms with Gasteiger partial charge in [-0.2, -0.15) is 0 Å². The summed E-state index contributed by atoms with van der Waals surface area (Å²) in [5.74, 6) is -2.31. The van der Waals surface area contributed by atoms with Gasteiger partial charge in [-0.3, -0.25) is 9.59 Å². The number of aliphatic hydroxyl groups is 3. The van der Waals surface area contributed by atoms with Crippen molar-refractivity contribution in [3.05, 3.63) is 24.3 Å². The van der Waals surface area contributed by atoms with Crippen LogP contribution in [0.15, 0.2) is 24.3 Å². The van der Waals surface area contributed by atoms with Gasteiger partial charge >= 0.3 is 5.97 Å². The van der Waals surface area contributed by atoms with Crippen molar-refractivity contribution >= 4 is 11.8 Å². The van der Waals surface area contributed by atoms with E-state index in [4.69, 9.17) is 9.47 Å². The van der Waals surface area contributed by atoms with Gasteiger partial charge in [-0.1, -0.05) is 32.1 Å². The van der Waals surface area contributed by atoms with Crippen molar-refractivity contribution in [3.8, 4) is 0 Å². The summed E-state index contributed by atoms with van der Waals surface area (Å²) in [6, 6.07) is 0. The first-order valence-corrected chi connectivity index (χ1v) is 9.36. The predicted molar refractivity (Wildman–Crippen MR) is 99.8 cm³/mol. The summed E-state index contributed by atoms with van der Waals surface area (Å²) in [7, 11) is 1.31. The molecule has 1 rings (SSSR count). The lowest BCUT2D eigenvalue weighted by Crippen LogP contribution is -2.49. The van der Waals surface area contributed by atoms with Gasteiger partial charge < -0.3 is 24.8 Å². The number of carbonyl (C=O) groups is 2. The molecule has 0 saturated heterocycles. The lowest BCUT2D eigenvalue weighted by Gasteiger charge is -2.35. The fourth-order valence-electron chi connectivity index (χ4n) is 3.25. The van der Waals surface area contributed by atoms with Gasteiger partial charge in [-0.25, -0.2) is 0 Å². The Hall–Kier alpha value is -1.54. The maximum Gasteiger partial charge on any atom is 0.308 e. The molecule has 1 aliphatic rings. The standard InChI is InChI=1S/C20H32O7/c1-5-14-18(24)13(3)15(21)10-8-6-7-9-12(2)27-17(23)11-16(22)20(26-4)19(14)25/h6-8,10,12-14,16,18-20,22,24-25H,5,9,11H2,1-4H3/t12-,13+,14+,16-,18?,19+,20+/m1/s1. The number of carbonyl (C=O) groups excluding carboxylic acids is 2. The molecule has 0 saturated carbocycles. The second-order valence-corrected chi connectivity index (χ2v) is 7.04. The van der Waals surface area contributed by atoms with E-state index in [0.717, 1.165) is 0 Å². The Kier molecular flexibility index (Phi) is 9.87. The molecule has 1 aliphatic heterocycles. The van der Waals surface area contributed by atoms with Crippen LogP contribution in [0.1, 0.15) is 40.0 Å². The van der Waals surface area contributed by atoms with Crippen LogP contribution in [0.2, 0.25) is 0 Å². The average Bonchev–Trinajstić information content (AvgIpc) is 2.60. The normalized spacial score (nSPS) is 37.2. The van der Waals surface area contributed by atoms with Crippen LogP contribution in [0.4, 0.5) is 0 Å². The summed E-state index contributed by atoms with van der Waals surface area (Å²) in [6.07, 6.45) is 1.66. The zero-order valence-corrected chi connectivity index (χ0v) is 16.4. The second kappa shape index (κ2) is 11.3. The molecule has 0 amide bonds. The molecule has 1 heterocycles. The first kappa shape index (κ1) is 23.5. The van der Waals surface area contributed by atoms with E-state index in [1.54, 1.807) is 39.0 Å². The Bertz CT molecular complexity index is 542. The molecule has 0 aliphatic carbocycles. The van der Waals surface area contributed by atoms with Crippen LogP contribution in [0.3, 0.4) is 0 Å².